The molecule has 154 valence electrons. The number of rotatable bonds is 10. The SMILES string of the molecule is COC(=O)c1cccc(CCCCc2cccc(CC[C@H]3OC(=O)[C@@H]3CO)c2)c1. The van der Waals surface area contributed by atoms with E-state index in [0.29, 0.717) is 5.56 Å². The minimum Gasteiger partial charge on any atom is -0.465 e. The number of benzene rings is 2. The lowest BCUT2D eigenvalue weighted by molar-refractivity contribution is -0.188. The number of aryl methyl sites for hydroxylation is 3. The quantitative estimate of drug-likeness (QED) is 0.491. The molecule has 0 aliphatic carbocycles. The monoisotopic (exact) mass is 396 g/mol. The van der Waals surface area contributed by atoms with Crippen LogP contribution in [0.25, 0.3) is 0 Å². The first-order chi connectivity index (χ1) is 14.1. The van der Waals surface area contributed by atoms with Gasteiger partial charge in [-0.2, -0.15) is 0 Å². The Labute approximate surface area is 171 Å². The lowest BCUT2D eigenvalue weighted by Gasteiger charge is -2.33. The molecule has 0 amide bonds. The maximum absolute atomic E-state index is 11.6. The van der Waals surface area contributed by atoms with Gasteiger partial charge in [-0.1, -0.05) is 36.4 Å². The number of aliphatic hydroxyl groups excluding tert-OH is 1. The summed E-state index contributed by atoms with van der Waals surface area (Å²) >= 11 is 0. The molecular weight excluding hydrogens is 368 g/mol. The van der Waals surface area contributed by atoms with Crippen molar-refractivity contribution in [2.75, 3.05) is 13.7 Å². The molecule has 3 rings (SSSR count). The summed E-state index contributed by atoms with van der Waals surface area (Å²) in [7, 11) is 1.40. The van der Waals surface area contributed by atoms with Crippen LogP contribution in [0, 0.1) is 5.92 Å². The largest absolute Gasteiger partial charge is 0.465 e. The Balaban J connectivity index is 1.43. The lowest BCUT2D eigenvalue weighted by Crippen LogP contribution is -2.47. The van der Waals surface area contributed by atoms with Crippen molar-refractivity contribution in [3.05, 3.63) is 70.8 Å². The highest BCUT2D eigenvalue weighted by atomic mass is 16.6. The molecule has 1 aliphatic heterocycles. The summed E-state index contributed by atoms with van der Waals surface area (Å²) in [6, 6.07) is 16.1. The number of carbonyl (C=O) groups is 2. The number of cyclic esters (lactones) is 1. The Morgan fingerprint density at radius 2 is 1.62 bits per heavy atom. The molecule has 1 saturated heterocycles. The van der Waals surface area contributed by atoms with Gasteiger partial charge in [0.1, 0.15) is 12.0 Å². The van der Waals surface area contributed by atoms with Crippen LogP contribution in [0.5, 0.6) is 0 Å². The van der Waals surface area contributed by atoms with Crippen molar-refractivity contribution in [1.29, 1.82) is 0 Å². The zero-order chi connectivity index (χ0) is 20.6. The van der Waals surface area contributed by atoms with Gasteiger partial charge >= 0.3 is 11.9 Å². The second-order valence-corrected chi connectivity index (χ2v) is 7.52. The van der Waals surface area contributed by atoms with E-state index in [1.54, 1.807) is 6.07 Å². The fourth-order valence-electron chi connectivity index (χ4n) is 3.73. The first-order valence-electron chi connectivity index (χ1n) is 10.2. The van der Waals surface area contributed by atoms with Gasteiger partial charge in [0.2, 0.25) is 0 Å². The molecule has 0 spiro atoms. The summed E-state index contributed by atoms with van der Waals surface area (Å²) in [4.78, 5) is 22.9. The molecule has 5 heteroatoms. The highest BCUT2D eigenvalue weighted by molar-refractivity contribution is 5.89. The Kier molecular flexibility index (Phi) is 7.42. The van der Waals surface area contributed by atoms with Gasteiger partial charge in [0.05, 0.1) is 19.3 Å². The molecule has 0 bridgehead atoms. The second-order valence-electron chi connectivity index (χ2n) is 7.52. The van der Waals surface area contributed by atoms with Crippen molar-refractivity contribution in [3.8, 4) is 0 Å². The number of methoxy groups -OCH3 is 1. The summed E-state index contributed by atoms with van der Waals surface area (Å²) in [6.07, 6.45) is 5.47. The third kappa shape index (κ3) is 5.67. The minimum absolute atomic E-state index is 0.133. The average Bonchev–Trinajstić information content (AvgIpc) is 2.74. The summed E-state index contributed by atoms with van der Waals surface area (Å²) in [5, 5.41) is 9.20. The van der Waals surface area contributed by atoms with Gasteiger partial charge in [-0.3, -0.25) is 4.79 Å². The first-order valence-corrected chi connectivity index (χ1v) is 10.2. The van der Waals surface area contributed by atoms with Gasteiger partial charge in [0.25, 0.3) is 0 Å². The average molecular weight is 396 g/mol. The fraction of sp³-hybridized carbons (Fsp3) is 0.417. The van der Waals surface area contributed by atoms with Crippen LogP contribution < -0.4 is 0 Å². The van der Waals surface area contributed by atoms with Gasteiger partial charge in [-0.05, 0) is 67.3 Å². The Bertz CT molecular complexity index is 845. The van der Waals surface area contributed by atoms with Gasteiger partial charge in [0.15, 0.2) is 0 Å². The molecule has 2 aromatic rings. The van der Waals surface area contributed by atoms with Crippen LogP contribution in [0.3, 0.4) is 0 Å². The van der Waals surface area contributed by atoms with E-state index in [2.05, 4.69) is 24.3 Å². The number of ether oxygens (including phenoxy) is 2. The maximum atomic E-state index is 11.6. The third-order valence-electron chi connectivity index (χ3n) is 5.45. The summed E-state index contributed by atoms with van der Waals surface area (Å²) in [5.74, 6) is -0.940. The van der Waals surface area contributed by atoms with Gasteiger partial charge in [-0.25, -0.2) is 4.79 Å². The van der Waals surface area contributed by atoms with Crippen LogP contribution >= 0.6 is 0 Å². The molecule has 5 nitrogen and oxygen atoms in total. The number of aliphatic hydroxyl groups is 1. The highest BCUT2D eigenvalue weighted by Gasteiger charge is 2.41. The van der Waals surface area contributed by atoms with E-state index in [4.69, 9.17) is 9.47 Å². The van der Waals surface area contributed by atoms with Crippen molar-refractivity contribution in [2.24, 2.45) is 5.92 Å². The van der Waals surface area contributed by atoms with Crippen LogP contribution in [0.2, 0.25) is 0 Å². The molecular formula is C24H28O5. The molecule has 2 aromatic carbocycles. The van der Waals surface area contributed by atoms with Crippen LogP contribution in [0.4, 0.5) is 0 Å². The molecule has 1 aliphatic rings. The van der Waals surface area contributed by atoms with Crippen LogP contribution in [-0.4, -0.2) is 36.9 Å². The van der Waals surface area contributed by atoms with Gasteiger partial charge < -0.3 is 14.6 Å². The van der Waals surface area contributed by atoms with E-state index in [0.717, 1.165) is 44.1 Å². The highest BCUT2D eigenvalue weighted by Crippen LogP contribution is 2.26. The van der Waals surface area contributed by atoms with Crippen LogP contribution in [0.1, 0.15) is 46.3 Å². The number of hydrogen-bond acceptors (Lipinski definition) is 5. The molecule has 1 heterocycles. The second kappa shape index (κ2) is 10.2. The third-order valence-corrected chi connectivity index (χ3v) is 5.45. The fourth-order valence-corrected chi connectivity index (χ4v) is 3.73. The van der Waals surface area contributed by atoms with E-state index in [1.165, 1.54) is 18.2 Å². The topological polar surface area (TPSA) is 72.8 Å². The normalized spacial score (nSPS) is 18.1. The first kappa shape index (κ1) is 21.1. The predicted molar refractivity (Wildman–Crippen MR) is 110 cm³/mol. The molecule has 0 radical (unpaired) electrons. The zero-order valence-electron chi connectivity index (χ0n) is 16.8. The standard InChI is InChI=1S/C24H28O5/c1-28-23(26)20-11-5-10-18(15-20)7-3-2-6-17-8-4-9-19(14-17)12-13-22-21(16-25)24(27)29-22/h4-5,8-11,14-15,21-22,25H,2-3,6-7,12-13,16H2,1H3/t21-,22-/m1/s1. The van der Waals surface area contributed by atoms with E-state index >= 15 is 0 Å². The Hall–Kier alpha value is -2.66. The number of unbranched alkanes of at least 4 members (excludes halogenated alkanes) is 1. The van der Waals surface area contributed by atoms with Crippen molar-refractivity contribution < 1.29 is 24.2 Å². The zero-order valence-corrected chi connectivity index (χ0v) is 16.8. The molecule has 2 atom stereocenters. The van der Waals surface area contributed by atoms with E-state index in [9.17, 15) is 14.7 Å². The minimum atomic E-state index is -0.351. The smallest absolute Gasteiger partial charge is 0.337 e. The van der Waals surface area contributed by atoms with Crippen molar-refractivity contribution in [2.45, 2.75) is 44.6 Å². The number of carbonyl (C=O) groups excluding carboxylic acids is 2. The number of hydrogen-bond donors (Lipinski definition) is 1. The van der Waals surface area contributed by atoms with E-state index in [1.807, 2.05) is 18.2 Å². The Morgan fingerprint density at radius 3 is 2.24 bits per heavy atom. The van der Waals surface area contributed by atoms with E-state index in [-0.39, 0.29) is 30.6 Å². The van der Waals surface area contributed by atoms with Crippen LogP contribution in [0.15, 0.2) is 48.5 Å². The van der Waals surface area contributed by atoms with Gasteiger partial charge in [0, 0.05) is 0 Å². The molecule has 0 aromatic heterocycles. The molecule has 29 heavy (non-hydrogen) atoms. The van der Waals surface area contributed by atoms with Crippen LogP contribution in [-0.2, 0) is 33.5 Å². The van der Waals surface area contributed by atoms with Crippen molar-refractivity contribution >= 4 is 11.9 Å². The van der Waals surface area contributed by atoms with E-state index < -0.39 is 0 Å². The number of esters is 2. The molecule has 0 unspecified atom stereocenters. The van der Waals surface area contributed by atoms with Gasteiger partial charge in [-0.15, -0.1) is 0 Å². The predicted octanol–water partition coefficient (Wildman–Crippen LogP) is 3.51. The Morgan fingerprint density at radius 1 is 1.00 bits per heavy atom. The maximum Gasteiger partial charge on any atom is 0.337 e. The summed E-state index contributed by atoms with van der Waals surface area (Å²) < 4.78 is 9.89. The van der Waals surface area contributed by atoms with Crippen molar-refractivity contribution in [3.63, 3.8) is 0 Å². The summed E-state index contributed by atoms with van der Waals surface area (Å²) in [5.41, 5.74) is 4.27. The molecule has 1 fully saturated rings. The molecule has 0 saturated carbocycles. The molecule has 1 N–H and O–H groups in total. The summed E-state index contributed by atoms with van der Waals surface area (Å²) in [6.45, 7) is -0.133. The van der Waals surface area contributed by atoms with Crippen molar-refractivity contribution in [1.82, 2.24) is 0 Å². The lowest BCUT2D eigenvalue weighted by atomic mass is 9.92.